The van der Waals surface area contributed by atoms with Crippen LogP contribution in [-0.4, -0.2) is 18.2 Å². The number of benzene rings is 1. The maximum atomic E-state index is 12.5. The number of aryl methyl sites for hydroxylation is 1. The molecule has 0 aliphatic carbocycles. The second kappa shape index (κ2) is 5.69. The highest BCUT2D eigenvalue weighted by Crippen LogP contribution is 2.26. The van der Waals surface area contributed by atoms with Crippen LogP contribution in [0.3, 0.4) is 0 Å². The molecular weight excluding hydrogens is 310 g/mol. The van der Waals surface area contributed by atoms with E-state index in [1.54, 1.807) is 42.9 Å². The van der Waals surface area contributed by atoms with Gasteiger partial charge in [0, 0.05) is 17.3 Å². The monoisotopic (exact) mass is 327 g/mol. The number of nitrogens with one attached hydrogen (secondary N) is 1. The van der Waals surface area contributed by atoms with Crippen molar-refractivity contribution in [3.05, 3.63) is 40.7 Å². The third kappa shape index (κ3) is 3.22. The Morgan fingerprint density at radius 2 is 1.95 bits per heavy atom. The summed E-state index contributed by atoms with van der Waals surface area (Å²) in [6.07, 6.45) is 1.54. The third-order valence-corrected chi connectivity index (χ3v) is 5.08. The molecule has 0 saturated heterocycles. The molecule has 1 N–H and O–H groups in total. The second-order valence-corrected chi connectivity index (χ2v) is 7.23. The molecule has 0 radical (unpaired) electrons. The smallest absolute Gasteiger partial charge is 0.265 e. The molecule has 0 bridgehead atoms. The first-order valence-corrected chi connectivity index (χ1v) is 8.42. The van der Waals surface area contributed by atoms with E-state index in [4.69, 9.17) is 11.6 Å². The number of anilines is 1. The van der Waals surface area contributed by atoms with Gasteiger partial charge < -0.3 is 0 Å². The van der Waals surface area contributed by atoms with E-state index in [0.717, 1.165) is 0 Å². The number of hydrogen-bond donors (Lipinski definition) is 1. The normalized spacial score (nSPS) is 11.9. The van der Waals surface area contributed by atoms with Crippen LogP contribution in [0.5, 0.6) is 0 Å². The van der Waals surface area contributed by atoms with E-state index in [-0.39, 0.29) is 10.9 Å². The van der Waals surface area contributed by atoms with Crippen molar-refractivity contribution in [1.82, 2.24) is 9.78 Å². The van der Waals surface area contributed by atoms with Crippen LogP contribution in [0.4, 0.5) is 5.69 Å². The molecule has 0 amide bonds. The molecule has 1 heterocycles. The van der Waals surface area contributed by atoms with Crippen molar-refractivity contribution in [2.45, 2.75) is 38.6 Å². The van der Waals surface area contributed by atoms with Gasteiger partial charge in [0.15, 0.2) is 0 Å². The minimum atomic E-state index is -3.69. The van der Waals surface area contributed by atoms with E-state index >= 15 is 0 Å². The lowest BCUT2D eigenvalue weighted by Gasteiger charge is -2.10. The Balaban J connectivity index is 2.41. The van der Waals surface area contributed by atoms with Crippen LogP contribution in [0.2, 0.25) is 5.02 Å². The first-order valence-electron chi connectivity index (χ1n) is 6.56. The summed E-state index contributed by atoms with van der Waals surface area (Å²) in [5, 5.41) is 4.75. The van der Waals surface area contributed by atoms with Gasteiger partial charge in [-0.25, -0.2) is 8.42 Å². The summed E-state index contributed by atoms with van der Waals surface area (Å²) < 4.78 is 29.2. The fraction of sp³-hybridized carbons (Fsp3) is 0.357. The number of sulfonamides is 1. The zero-order valence-electron chi connectivity index (χ0n) is 12.4. The fourth-order valence-electron chi connectivity index (χ4n) is 1.91. The SMILES string of the molecule is Cc1nn(C(C)C)cc1S(=O)(=O)Nc1cccc(Cl)c1C. The number of aromatic nitrogens is 2. The van der Waals surface area contributed by atoms with Gasteiger partial charge in [0.05, 0.1) is 11.4 Å². The maximum Gasteiger partial charge on any atom is 0.265 e. The zero-order valence-corrected chi connectivity index (χ0v) is 14.0. The van der Waals surface area contributed by atoms with Crippen molar-refractivity contribution in [1.29, 1.82) is 0 Å². The number of hydrogen-bond acceptors (Lipinski definition) is 3. The van der Waals surface area contributed by atoms with Crippen LogP contribution in [0.1, 0.15) is 31.1 Å². The summed E-state index contributed by atoms with van der Waals surface area (Å²) >= 11 is 6.01. The van der Waals surface area contributed by atoms with Gasteiger partial charge in [-0.1, -0.05) is 17.7 Å². The van der Waals surface area contributed by atoms with Gasteiger partial charge in [-0.2, -0.15) is 5.10 Å². The summed E-state index contributed by atoms with van der Waals surface area (Å²) in [6.45, 7) is 7.33. The minimum absolute atomic E-state index is 0.0977. The average Bonchev–Trinajstić information content (AvgIpc) is 2.78. The molecular formula is C14H18ClN3O2S. The summed E-state index contributed by atoms with van der Waals surface area (Å²) in [6, 6.07) is 5.20. The summed E-state index contributed by atoms with van der Waals surface area (Å²) in [5.41, 5.74) is 1.63. The van der Waals surface area contributed by atoms with Crippen molar-refractivity contribution in [2.75, 3.05) is 4.72 Å². The molecule has 7 heteroatoms. The molecule has 114 valence electrons. The average molecular weight is 328 g/mol. The van der Waals surface area contributed by atoms with Crippen LogP contribution in [-0.2, 0) is 10.0 Å². The Kier molecular flexibility index (Phi) is 4.30. The molecule has 0 aliphatic heterocycles. The van der Waals surface area contributed by atoms with E-state index < -0.39 is 10.0 Å². The summed E-state index contributed by atoms with van der Waals surface area (Å²) in [4.78, 5) is 0.176. The maximum absolute atomic E-state index is 12.5. The lowest BCUT2D eigenvalue weighted by atomic mass is 10.2. The van der Waals surface area contributed by atoms with Crippen molar-refractivity contribution < 1.29 is 8.42 Å². The molecule has 0 spiro atoms. The van der Waals surface area contributed by atoms with E-state index in [9.17, 15) is 8.42 Å². The van der Waals surface area contributed by atoms with Gasteiger partial charge in [0.25, 0.3) is 10.0 Å². The lowest BCUT2D eigenvalue weighted by molar-refractivity contribution is 0.528. The molecule has 2 rings (SSSR count). The Hall–Kier alpha value is -1.53. The third-order valence-electron chi connectivity index (χ3n) is 3.20. The van der Waals surface area contributed by atoms with Crippen LogP contribution in [0.15, 0.2) is 29.3 Å². The zero-order chi connectivity index (χ0) is 15.8. The van der Waals surface area contributed by atoms with E-state index in [1.165, 1.54) is 0 Å². The summed E-state index contributed by atoms with van der Waals surface area (Å²) in [7, 11) is -3.69. The Labute approximate surface area is 130 Å². The summed E-state index contributed by atoms with van der Waals surface area (Å²) in [5.74, 6) is 0. The Morgan fingerprint density at radius 1 is 1.29 bits per heavy atom. The van der Waals surface area contributed by atoms with Gasteiger partial charge in [-0.3, -0.25) is 9.40 Å². The quantitative estimate of drug-likeness (QED) is 0.934. The predicted molar refractivity (Wildman–Crippen MR) is 84.3 cm³/mol. The van der Waals surface area contributed by atoms with E-state index in [1.807, 2.05) is 13.8 Å². The lowest BCUT2D eigenvalue weighted by Crippen LogP contribution is -2.14. The topological polar surface area (TPSA) is 64.0 Å². The Morgan fingerprint density at radius 3 is 2.52 bits per heavy atom. The van der Waals surface area contributed by atoms with Crippen LogP contribution < -0.4 is 4.72 Å². The van der Waals surface area contributed by atoms with Gasteiger partial charge in [0.2, 0.25) is 0 Å². The standard InChI is InChI=1S/C14H18ClN3O2S/c1-9(2)18-8-14(11(4)16-18)21(19,20)17-13-7-5-6-12(15)10(13)3/h5-9,17H,1-4H3. The largest absolute Gasteiger partial charge is 0.279 e. The number of rotatable bonds is 4. The van der Waals surface area contributed by atoms with Crippen LogP contribution >= 0.6 is 11.6 Å². The molecule has 2 aromatic rings. The molecule has 0 atom stereocenters. The molecule has 0 unspecified atom stereocenters. The van der Waals surface area contributed by atoms with E-state index in [2.05, 4.69) is 9.82 Å². The van der Waals surface area contributed by atoms with Crippen molar-refractivity contribution >= 4 is 27.3 Å². The van der Waals surface area contributed by atoms with Crippen LogP contribution in [0.25, 0.3) is 0 Å². The number of nitrogens with zero attached hydrogens (tertiary/aromatic N) is 2. The van der Waals surface area contributed by atoms with Crippen LogP contribution in [0, 0.1) is 13.8 Å². The van der Waals surface area contributed by atoms with Gasteiger partial charge in [-0.05, 0) is 45.4 Å². The van der Waals surface area contributed by atoms with Gasteiger partial charge in [-0.15, -0.1) is 0 Å². The molecule has 0 fully saturated rings. The molecule has 1 aromatic heterocycles. The molecule has 0 saturated carbocycles. The first kappa shape index (κ1) is 15.9. The molecule has 5 nitrogen and oxygen atoms in total. The van der Waals surface area contributed by atoms with Crippen molar-refractivity contribution in [3.8, 4) is 0 Å². The van der Waals surface area contributed by atoms with Crippen molar-refractivity contribution in [2.24, 2.45) is 0 Å². The Bertz CT molecular complexity index is 767. The molecule has 0 aliphatic rings. The predicted octanol–water partition coefficient (Wildman–Crippen LogP) is 3.54. The minimum Gasteiger partial charge on any atom is -0.279 e. The highest BCUT2D eigenvalue weighted by molar-refractivity contribution is 7.92. The fourth-order valence-corrected chi connectivity index (χ4v) is 3.38. The van der Waals surface area contributed by atoms with E-state index in [0.29, 0.717) is 22.0 Å². The molecule has 1 aromatic carbocycles. The highest BCUT2D eigenvalue weighted by Gasteiger charge is 2.22. The first-order chi connectivity index (χ1) is 9.72. The van der Waals surface area contributed by atoms with Gasteiger partial charge >= 0.3 is 0 Å². The van der Waals surface area contributed by atoms with Gasteiger partial charge in [0.1, 0.15) is 4.90 Å². The highest BCUT2D eigenvalue weighted by atomic mass is 35.5. The second-order valence-electron chi connectivity index (χ2n) is 5.17. The number of halogens is 1. The molecule has 21 heavy (non-hydrogen) atoms. The van der Waals surface area contributed by atoms with Crippen molar-refractivity contribution in [3.63, 3.8) is 0 Å².